The second-order valence-corrected chi connectivity index (χ2v) is 5.38. The summed E-state index contributed by atoms with van der Waals surface area (Å²) >= 11 is 0. The summed E-state index contributed by atoms with van der Waals surface area (Å²) in [5, 5.41) is 0. The third-order valence-corrected chi connectivity index (χ3v) is 4.02. The number of benzene rings is 1. The minimum atomic E-state index is 0.195. The van der Waals surface area contributed by atoms with E-state index in [1.807, 2.05) is 12.1 Å². The van der Waals surface area contributed by atoms with Crippen molar-refractivity contribution in [2.75, 3.05) is 0 Å². The first kappa shape index (κ1) is 11.7. The summed E-state index contributed by atoms with van der Waals surface area (Å²) in [7, 11) is 0. The van der Waals surface area contributed by atoms with Crippen LogP contribution in [0.1, 0.15) is 49.5 Å². The third kappa shape index (κ3) is 2.03. The predicted molar refractivity (Wildman–Crippen MR) is 72.5 cm³/mol. The second-order valence-electron chi connectivity index (χ2n) is 5.38. The summed E-state index contributed by atoms with van der Waals surface area (Å²) < 4.78 is 5.92. The molecule has 3 heteroatoms. The molecule has 3 rings (SSSR count). The van der Waals surface area contributed by atoms with Gasteiger partial charge in [0.2, 0.25) is 0 Å². The average molecular weight is 244 g/mol. The van der Waals surface area contributed by atoms with E-state index in [9.17, 15) is 0 Å². The number of aryl methyl sites for hydroxylation is 1. The van der Waals surface area contributed by atoms with E-state index in [0.717, 1.165) is 29.8 Å². The standard InChI is InChI=1S/C15H20N2O/c1-10-6-5-9-13-14(10)17-15(18-13)11-7-3-2-4-8-12(11)16/h5-6,9,11-12H,2-4,7-8,16H2,1H3. The van der Waals surface area contributed by atoms with Gasteiger partial charge >= 0.3 is 0 Å². The van der Waals surface area contributed by atoms with Gasteiger partial charge in [-0.3, -0.25) is 0 Å². The highest BCUT2D eigenvalue weighted by atomic mass is 16.3. The van der Waals surface area contributed by atoms with Crippen LogP contribution >= 0.6 is 0 Å². The van der Waals surface area contributed by atoms with E-state index in [4.69, 9.17) is 10.2 Å². The minimum Gasteiger partial charge on any atom is -0.440 e. The van der Waals surface area contributed by atoms with Gasteiger partial charge in [-0.25, -0.2) is 4.98 Å². The van der Waals surface area contributed by atoms with E-state index in [1.54, 1.807) is 0 Å². The molecule has 0 bridgehead atoms. The van der Waals surface area contributed by atoms with Gasteiger partial charge in [-0.1, -0.05) is 31.4 Å². The summed E-state index contributed by atoms with van der Waals surface area (Å²) in [5.41, 5.74) is 9.32. The lowest BCUT2D eigenvalue weighted by Gasteiger charge is -2.17. The van der Waals surface area contributed by atoms with Gasteiger partial charge in [-0.15, -0.1) is 0 Å². The lowest BCUT2D eigenvalue weighted by Crippen LogP contribution is -2.27. The van der Waals surface area contributed by atoms with Crippen LogP contribution in [-0.4, -0.2) is 11.0 Å². The van der Waals surface area contributed by atoms with Crippen LogP contribution in [0.5, 0.6) is 0 Å². The van der Waals surface area contributed by atoms with Crippen molar-refractivity contribution in [2.45, 2.75) is 51.0 Å². The Morgan fingerprint density at radius 1 is 1.22 bits per heavy atom. The van der Waals surface area contributed by atoms with Crippen LogP contribution in [0.15, 0.2) is 22.6 Å². The number of fused-ring (bicyclic) bond motifs is 1. The number of nitrogens with zero attached hydrogens (tertiary/aromatic N) is 1. The maximum atomic E-state index is 6.27. The summed E-state index contributed by atoms with van der Waals surface area (Å²) in [6, 6.07) is 6.27. The molecule has 1 heterocycles. The summed E-state index contributed by atoms with van der Waals surface area (Å²) in [4.78, 5) is 4.68. The quantitative estimate of drug-likeness (QED) is 0.781. The van der Waals surface area contributed by atoms with Crippen LogP contribution in [0.3, 0.4) is 0 Å². The normalized spacial score (nSPS) is 25.2. The molecular formula is C15H20N2O. The van der Waals surface area contributed by atoms with Gasteiger partial charge in [0, 0.05) is 6.04 Å². The van der Waals surface area contributed by atoms with Crippen LogP contribution in [0.25, 0.3) is 11.1 Å². The Hall–Kier alpha value is -1.35. The largest absolute Gasteiger partial charge is 0.440 e. The van der Waals surface area contributed by atoms with E-state index >= 15 is 0 Å². The zero-order valence-corrected chi connectivity index (χ0v) is 10.9. The minimum absolute atomic E-state index is 0.195. The maximum Gasteiger partial charge on any atom is 0.200 e. The van der Waals surface area contributed by atoms with Gasteiger partial charge < -0.3 is 10.2 Å². The number of hydrogen-bond donors (Lipinski definition) is 1. The Bertz CT molecular complexity index is 546. The fourth-order valence-electron chi connectivity index (χ4n) is 2.90. The van der Waals surface area contributed by atoms with E-state index in [2.05, 4.69) is 18.0 Å². The van der Waals surface area contributed by atoms with Crippen LogP contribution in [0.4, 0.5) is 0 Å². The fraction of sp³-hybridized carbons (Fsp3) is 0.533. The molecule has 1 aromatic carbocycles. The van der Waals surface area contributed by atoms with Crippen molar-refractivity contribution in [1.29, 1.82) is 0 Å². The molecule has 2 atom stereocenters. The van der Waals surface area contributed by atoms with Gasteiger partial charge in [0.05, 0.1) is 5.92 Å². The number of hydrogen-bond acceptors (Lipinski definition) is 3. The Labute approximate surface area is 107 Å². The monoisotopic (exact) mass is 244 g/mol. The molecule has 0 amide bonds. The first-order valence-electron chi connectivity index (χ1n) is 6.87. The molecule has 3 nitrogen and oxygen atoms in total. The van der Waals surface area contributed by atoms with Gasteiger partial charge in [-0.05, 0) is 31.4 Å². The molecule has 18 heavy (non-hydrogen) atoms. The fourth-order valence-corrected chi connectivity index (χ4v) is 2.90. The highest BCUT2D eigenvalue weighted by molar-refractivity contribution is 5.76. The van der Waals surface area contributed by atoms with Crippen molar-refractivity contribution in [2.24, 2.45) is 5.73 Å². The Morgan fingerprint density at radius 3 is 2.89 bits per heavy atom. The Balaban J connectivity index is 2.00. The van der Waals surface area contributed by atoms with Crippen molar-refractivity contribution in [3.05, 3.63) is 29.7 Å². The van der Waals surface area contributed by atoms with E-state index in [1.165, 1.54) is 24.8 Å². The molecule has 96 valence electrons. The second kappa shape index (κ2) is 4.73. The third-order valence-electron chi connectivity index (χ3n) is 4.02. The maximum absolute atomic E-state index is 6.27. The Kier molecular flexibility index (Phi) is 3.08. The van der Waals surface area contributed by atoms with Crippen molar-refractivity contribution in [1.82, 2.24) is 4.98 Å². The van der Waals surface area contributed by atoms with Gasteiger partial charge in [0.25, 0.3) is 0 Å². The molecule has 2 aromatic rings. The SMILES string of the molecule is Cc1cccc2oc(C3CCCCCC3N)nc12. The average Bonchev–Trinajstić information content (AvgIpc) is 2.67. The molecule has 1 aliphatic rings. The molecule has 0 aliphatic heterocycles. The van der Waals surface area contributed by atoms with E-state index in [0.29, 0.717) is 5.92 Å². The number of para-hydroxylation sites is 1. The highest BCUT2D eigenvalue weighted by Gasteiger charge is 2.26. The molecule has 0 spiro atoms. The zero-order chi connectivity index (χ0) is 12.5. The van der Waals surface area contributed by atoms with Crippen molar-refractivity contribution < 1.29 is 4.42 Å². The number of nitrogens with two attached hydrogens (primary N) is 1. The number of aromatic nitrogens is 1. The Morgan fingerprint density at radius 2 is 2.06 bits per heavy atom. The van der Waals surface area contributed by atoms with E-state index < -0.39 is 0 Å². The molecule has 1 aromatic heterocycles. The molecular weight excluding hydrogens is 224 g/mol. The number of rotatable bonds is 1. The molecule has 0 radical (unpaired) electrons. The van der Waals surface area contributed by atoms with Gasteiger partial charge in [0.15, 0.2) is 11.5 Å². The van der Waals surface area contributed by atoms with Crippen LogP contribution in [-0.2, 0) is 0 Å². The van der Waals surface area contributed by atoms with Crippen LogP contribution in [0.2, 0.25) is 0 Å². The van der Waals surface area contributed by atoms with Crippen LogP contribution < -0.4 is 5.73 Å². The summed E-state index contributed by atoms with van der Waals surface area (Å²) in [6.45, 7) is 2.07. The lowest BCUT2D eigenvalue weighted by molar-refractivity contribution is 0.402. The number of oxazole rings is 1. The topological polar surface area (TPSA) is 52.0 Å². The highest BCUT2D eigenvalue weighted by Crippen LogP contribution is 2.32. The smallest absolute Gasteiger partial charge is 0.200 e. The molecule has 1 aliphatic carbocycles. The first-order chi connectivity index (χ1) is 8.75. The van der Waals surface area contributed by atoms with Crippen molar-refractivity contribution in [3.8, 4) is 0 Å². The van der Waals surface area contributed by atoms with Gasteiger partial charge in [0.1, 0.15) is 5.52 Å². The van der Waals surface area contributed by atoms with Crippen molar-refractivity contribution >= 4 is 11.1 Å². The van der Waals surface area contributed by atoms with Crippen LogP contribution in [0, 0.1) is 6.92 Å². The summed E-state index contributed by atoms with van der Waals surface area (Å²) in [6.07, 6.45) is 5.94. The molecule has 0 saturated heterocycles. The molecule has 2 N–H and O–H groups in total. The summed E-state index contributed by atoms with van der Waals surface area (Å²) in [5.74, 6) is 1.13. The zero-order valence-electron chi connectivity index (χ0n) is 10.9. The molecule has 1 saturated carbocycles. The van der Waals surface area contributed by atoms with Gasteiger partial charge in [-0.2, -0.15) is 0 Å². The molecule has 2 unspecified atom stereocenters. The van der Waals surface area contributed by atoms with Crippen molar-refractivity contribution in [3.63, 3.8) is 0 Å². The first-order valence-corrected chi connectivity index (χ1v) is 6.87. The predicted octanol–water partition coefficient (Wildman–Crippen LogP) is 3.51. The van der Waals surface area contributed by atoms with E-state index in [-0.39, 0.29) is 6.04 Å². The lowest BCUT2D eigenvalue weighted by atomic mass is 9.95. The molecule has 1 fully saturated rings.